The maximum atomic E-state index is 12.1. The van der Waals surface area contributed by atoms with Gasteiger partial charge < -0.3 is 16.0 Å². The summed E-state index contributed by atoms with van der Waals surface area (Å²) < 4.78 is 0. The summed E-state index contributed by atoms with van der Waals surface area (Å²) in [6, 6.07) is 11.5. The predicted octanol–water partition coefficient (Wildman–Crippen LogP) is 2.68. The van der Waals surface area contributed by atoms with Crippen LogP contribution in [0, 0.1) is 0 Å². The number of nitrogens with one attached hydrogen (secondary N) is 2. The molecule has 0 aliphatic heterocycles. The van der Waals surface area contributed by atoms with Crippen LogP contribution in [-0.2, 0) is 9.59 Å². The van der Waals surface area contributed by atoms with Crippen LogP contribution in [0.4, 0.5) is 0 Å². The second-order valence-corrected chi connectivity index (χ2v) is 5.96. The van der Waals surface area contributed by atoms with Gasteiger partial charge in [-0.15, -0.1) is 0 Å². The van der Waals surface area contributed by atoms with E-state index in [1.807, 2.05) is 36.4 Å². The van der Waals surface area contributed by atoms with Gasteiger partial charge in [0.1, 0.15) is 0 Å². The highest BCUT2D eigenvalue weighted by molar-refractivity contribution is 6.31. The third-order valence-electron chi connectivity index (χ3n) is 3.91. The van der Waals surface area contributed by atoms with Crippen molar-refractivity contribution < 1.29 is 9.59 Å². The monoisotopic (exact) mass is 329 g/mol. The molecule has 1 unspecified atom stereocenters. The first-order valence-corrected chi connectivity index (χ1v) is 7.60. The number of H-pyrrole nitrogens is 1. The largest absolute Gasteiger partial charge is 0.368 e. The van der Waals surface area contributed by atoms with Crippen LogP contribution in [0.1, 0.15) is 18.4 Å². The summed E-state index contributed by atoms with van der Waals surface area (Å²) in [5, 5.41) is 5.30. The van der Waals surface area contributed by atoms with E-state index in [-0.39, 0.29) is 18.4 Å². The summed E-state index contributed by atoms with van der Waals surface area (Å²) >= 11 is 6.06. The zero-order valence-corrected chi connectivity index (χ0v) is 13.3. The molecule has 0 saturated heterocycles. The molecular formula is C17H16ClN3O2. The van der Waals surface area contributed by atoms with Gasteiger partial charge in [-0.1, -0.05) is 23.7 Å². The third kappa shape index (κ3) is 3.00. The smallest absolute Gasteiger partial charge is 0.236 e. The van der Waals surface area contributed by atoms with E-state index in [0.717, 1.165) is 27.4 Å². The third-order valence-corrected chi connectivity index (χ3v) is 4.15. The zero-order valence-electron chi connectivity index (χ0n) is 12.5. The van der Waals surface area contributed by atoms with Crippen LogP contribution in [0.25, 0.3) is 21.8 Å². The first kappa shape index (κ1) is 15.4. The van der Waals surface area contributed by atoms with Crippen molar-refractivity contribution in [2.75, 3.05) is 6.54 Å². The van der Waals surface area contributed by atoms with Crippen LogP contribution < -0.4 is 11.1 Å². The van der Waals surface area contributed by atoms with Crippen molar-refractivity contribution in [3.8, 4) is 0 Å². The topological polar surface area (TPSA) is 88.0 Å². The Balaban J connectivity index is 1.95. The van der Waals surface area contributed by atoms with Crippen molar-refractivity contribution in [3.05, 3.63) is 47.0 Å². The molecule has 3 aromatic rings. The number of benzene rings is 2. The van der Waals surface area contributed by atoms with Crippen molar-refractivity contribution in [1.82, 2.24) is 10.3 Å². The number of halogens is 1. The standard InChI is InChI=1S/C17H16ClN3O2/c1-9(17(23)20-8-16(19)22)10-2-4-12-13-7-11(18)3-5-14(13)21-15(12)6-10/h2-7,9,21H,8H2,1H3,(H2,19,22)(H,20,23). The van der Waals surface area contributed by atoms with Gasteiger partial charge in [-0.2, -0.15) is 0 Å². The lowest BCUT2D eigenvalue weighted by molar-refractivity contribution is -0.125. The first-order chi connectivity index (χ1) is 11.0. The molecule has 0 saturated carbocycles. The summed E-state index contributed by atoms with van der Waals surface area (Å²) in [5.74, 6) is -1.18. The number of nitrogens with two attached hydrogens (primary N) is 1. The van der Waals surface area contributed by atoms with Gasteiger partial charge in [0.25, 0.3) is 0 Å². The molecule has 1 heterocycles. The minimum absolute atomic E-state index is 0.156. The Bertz CT molecular complexity index is 917. The molecule has 1 aromatic heterocycles. The molecule has 0 aliphatic carbocycles. The van der Waals surface area contributed by atoms with E-state index < -0.39 is 5.91 Å². The van der Waals surface area contributed by atoms with Crippen LogP contribution in [-0.4, -0.2) is 23.3 Å². The summed E-state index contributed by atoms with van der Waals surface area (Å²) in [5.41, 5.74) is 7.83. The molecule has 0 radical (unpaired) electrons. The van der Waals surface area contributed by atoms with Crippen LogP contribution in [0.15, 0.2) is 36.4 Å². The number of fused-ring (bicyclic) bond motifs is 3. The summed E-state index contributed by atoms with van der Waals surface area (Å²) in [4.78, 5) is 26.1. The van der Waals surface area contributed by atoms with Crippen molar-refractivity contribution in [2.24, 2.45) is 5.73 Å². The molecule has 2 aromatic carbocycles. The predicted molar refractivity (Wildman–Crippen MR) is 91.4 cm³/mol. The molecule has 0 aliphatic rings. The van der Waals surface area contributed by atoms with Crippen molar-refractivity contribution >= 4 is 45.2 Å². The number of amides is 2. The molecule has 6 heteroatoms. The first-order valence-electron chi connectivity index (χ1n) is 7.22. The number of primary amides is 1. The van der Waals surface area contributed by atoms with Gasteiger partial charge in [0.15, 0.2) is 0 Å². The lowest BCUT2D eigenvalue weighted by Crippen LogP contribution is -2.35. The number of carbonyl (C=O) groups is 2. The van der Waals surface area contributed by atoms with Crippen molar-refractivity contribution in [2.45, 2.75) is 12.8 Å². The summed E-state index contributed by atoms with van der Waals surface area (Å²) in [6.45, 7) is 1.63. The van der Waals surface area contributed by atoms with Gasteiger partial charge >= 0.3 is 0 Å². The average Bonchev–Trinajstić information content (AvgIpc) is 2.88. The number of hydrogen-bond donors (Lipinski definition) is 3. The fourth-order valence-electron chi connectivity index (χ4n) is 2.64. The van der Waals surface area contributed by atoms with E-state index in [4.69, 9.17) is 17.3 Å². The molecule has 1 atom stereocenters. The molecule has 23 heavy (non-hydrogen) atoms. The van der Waals surface area contributed by atoms with Gasteiger partial charge in [0.05, 0.1) is 12.5 Å². The molecule has 5 nitrogen and oxygen atoms in total. The van der Waals surface area contributed by atoms with Crippen LogP contribution in [0.2, 0.25) is 5.02 Å². The Morgan fingerprint density at radius 3 is 2.70 bits per heavy atom. The van der Waals surface area contributed by atoms with Gasteiger partial charge in [0, 0.05) is 26.8 Å². The fourth-order valence-corrected chi connectivity index (χ4v) is 2.81. The lowest BCUT2D eigenvalue weighted by Gasteiger charge is -2.11. The number of aromatic nitrogens is 1. The van der Waals surface area contributed by atoms with Gasteiger partial charge in [0.2, 0.25) is 11.8 Å². The Morgan fingerprint density at radius 1 is 1.17 bits per heavy atom. The highest BCUT2D eigenvalue weighted by atomic mass is 35.5. The number of carbonyl (C=O) groups excluding carboxylic acids is 2. The van der Waals surface area contributed by atoms with Gasteiger partial charge in [-0.25, -0.2) is 0 Å². The number of rotatable bonds is 4. The summed E-state index contributed by atoms with van der Waals surface area (Å²) in [6.07, 6.45) is 0. The minimum atomic E-state index is -0.562. The molecular weight excluding hydrogens is 314 g/mol. The molecule has 0 fully saturated rings. The van der Waals surface area contributed by atoms with E-state index >= 15 is 0 Å². The maximum absolute atomic E-state index is 12.1. The van der Waals surface area contributed by atoms with Crippen molar-refractivity contribution in [3.63, 3.8) is 0 Å². The molecule has 4 N–H and O–H groups in total. The average molecular weight is 330 g/mol. The van der Waals surface area contributed by atoms with E-state index in [9.17, 15) is 9.59 Å². The van der Waals surface area contributed by atoms with Gasteiger partial charge in [-0.3, -0.25) is 9.59 Å². The highest BCUT2D eigenvalue weighted by Crippen LogP contribution is 2.30. The van der Waals surface area contributed by atoms with Crippen LogP contribution >= 0.6 is 11.6 Å². The Hall–Kier alpha value is -2.53. The van der Waals surface area contributed by atoms with E-state index in [1.165, 1.54) is 0 Å². The van der Waals surface area contributed by atoms with Crippen molar-refractivity contribution in [1.29, 1.82) is 0 Å². The Labute approximate surface area is 137 Å². The SMILES string of the molecule is CC(C(=O)NCC(N)=O)c1ccc2c(c1)[nH]c1ccc(Cl)cc12. The van der Waals surface area contributed by atoms with E-state index in [2.05, 4.69) is 10.3 Å². The fraction of sp³-hybridized carbons (Fsp3) is 0.176. The molecule has 0 bridgehead atoms. The Morgan fingerprint density at radius 2 is 1.96 bits per heavy atom. The highest BCUT2D eigenvalue weighted by Gasteiger charge is 2.16. The van der Waals surface area contributed by atoms with Crippen LogP contribution in [0.5, 0.6) is 0 Å². The second-order valence-electron chi connectivity index (χ2n) is 5.53. The quantitative estimate of drug-likeness (QED) is 0.687. The maximum Gasteiger partial charge on any atom is 0.236 e. The molecule has 118 valence electrons. The molecule has 0 spiro atoms. The van der Waals surface area contributed by atoms with Gasteiger partial charge in [-0.05, 0) is 36.8 Å². The number of hydrogen-bond acceptors (Lipinski definition) is 2. The lowest BCUT2D eigenvalue weighted by atomic mass is 9.98. The summed E-state index contributed by atoms with van der Waals surface area (Å²) in [7, 11) is 0. The number of aromatic amines is 1. The second kappa shape index (κ2) is 5.93. The van der Waals surface area contributed by atoms with E-state index in [1.54, 1.807) is 6.92 Å². The van der Waals surface area contributed by atoms with E-state index in [0.29, 0.717) is 5.02 Å². The van der Waals surface area contributed by atoms with Crippen LogP contribution in [0.3, 0.4) is 0 Å². The normalized spacial score (nSPS) is 12.4. The minimum Gasteiger partial charge on any atom is -0.368 e. The molecule has 3 rings (SSSR count). The Kier molecular flexibility index (Phi) is 3.96. The molecule has 2 amide bonds. The zero-order chi connectivity index (χ0) is 16.6.